The third-order valence-corrected chi connectivity index (χ3v) is 3.24. The summed E-state index contributed by atoms with van der Waals surface area (Å²) < 4.78 is 0.949. The van der Waals surface area contributed by atoms with Crippen LogP contribution in [0.1, 0.15) is 10.4 Å². The van der Waals surface area contributed by atoms with Gasteiger partial charge in [0.25, 0.3) is 5.91 Å². The molecule has 0 aromatic heterocycles. The van der Waals surface area contributed by atoms with Gasteiger partial charge < -0.3 is 5.32 Å². The molecule has 0 atom stereocenters. The van der Waals surface area contributed by atoms with Crippen LogP contribution in [-0.2, 0) is 0 Å². The first kappa shape index (κ1) is 15.8. The fourth-order valence-corrected chi connectivity index (χ4v) is 2.14. The van der Waals surface area contributed by atoms with Crippen LogP contribution < -0.4 is 5.32 Å². The van der Waals surface area contributed by atoms with Crippen molar-refractivity contribution in [2.75, 3.05) is 31.5 Å². The summed E-state index contributed by atoms with van der Waals surface area (Å²) in [6.07, 6.45) is 0. The fraction of sp³-hybridized carbons (Fsp3) is 0.417. The van der Waals surface area contributed by atoms with E-state index in [-0.39, 0.29) is 5.91 Å². The molecule has 18 heavy (non-hydrogen) atoms. The van der Waals surface area contributed by atoms with Gasteiger partial charge in [-0.25, -0.2) is 0 Å². The van der Waals surface area contributed by atoms with Crippen molar-refractivity contribution in [1.29, 1.82) is 0 Å². The molecule has 100 valence electrons. The number of hydrogen-bond acceptors (Lipinski definition) is 2. The van der Waals surface area contributed by atoms with Gasteiger partial charge >= 0.3 is 0 Å². The van der Waals surface area contributed by atoms with E-state index >= 15 is 0 Å². The molecule has 0 unspecified atom stereocenters. The molecular formula is C12H15BrCl2N2O. The van der Waals surface area contributed by atoms with Crippen molar-refractivity contribution < 1.29 is 4.79 Å². The number of alkyl halides is 2. The molecule has 1 amide bonds. The van der Waals surface area contributed by atoms with E-state index in [1.54, 1.807) is 12.1 Å². The quantitative estimate of drug-likeness (QED) is 0.603. The maximum atomic E-state index is 11.8. The molecule has 0 radical (unpaired) electrons. The third kappa shape index (κ3) is 5.57. The highest BCUT2D eigenvalue weighted by Gasteiger charge is 2.08. The zero-order valence-electron chi connectivity index (χ0n) is 9.83. The summed E-state index contributed by atoms with van der Waals surface area (Å²) in [5.41, 5.74) is 0.634. The Bertz CT molecular complexity index is 367. The van der Waals surface area contributed by atoms with E-state index in [2.05, 4.69) is 21.2 Å². The van der Waals surface area contributed by atoms with Crippen LogP contribution in [0.2, 0.25) is 0 Å². The maximum Gasteiger partial charge on any atom is 0.252 e. The number of halogens is 3. The Morgan fingerprint density at radius 3 is 2.22 bits per heavy atom. The van der Waals surface area contributed by atoms with E-state index in [1.165, 1.54) is 0 Å². The minimum absolute atomic E-state index is 0.100. The first-order valence-corrected chi connectivity index (χ1v) is 7.41. The SMILES string of the molecule is O=C(NCN(CCCl)CCCl)c1ccc(Br)cc1. The monoisotopic (exact) mass is 352 g/mol. The largest absolute Gasteiger partial charge is 0.339 e. The number of rotatable bonds is 7. The van der Waals surface area contributed by atoms with Crippen LogP contribution in [0.5, 0.6) is 0 Å². The van der Waals surface area contributed by atoms with Gasteiger partial charge in [-0.1, -0.05) is 15.9 Å². The molecule has 0 aliphatic rings. The third-order valence-electron chi connectivity index (χ3n) is 2.37. The summed E-state index contributed by atoms with van der Waals surface area (Å²) in [7, 11) is 0. The second-order valence-electron chi connectivity index (χ2n) is 3.67. The zero-order valence-corrected chi connectivity index (χ0v) is 12.9. The molecule has 0 saturated carbocycles. The first-order valence-electron chi connectivity index (χ1n) is 5.55. The lowest BCUT2D eigenvalue weighted by Gasteiger charge is -2.20. The van der Waals surface area contributed by atoms with Crippen LogP contribution in [-0.4, -0.2) is 42.3 Å². The zero-order chi connectivity index (χ0) is 13.4. The van der Waals surface area contributed by atoms with Crippen molar-refractivity contribution in [3.05, 3.63) is 34.3 Å². The Hall–Kier alpha value is -0.290. The molecule has 1 aromatic rings. The predicted octanol–water partition coefficient (Wildman–Crippen LogP) is 2.92. The van der Waals surface area contributed by atoms with Gasteiger partial charge in [-0.2, -0.15) is 0 Å². The second-order valence-corrected chi connectivity index (χ2v) is 5.34. The molecule has 0 aliphatic carbocycles. The van der Waals surface area contributed by atoms with E-state index in [1.807, 2.05) is 17.0 Å². The molecule has 6 heteroatoms. The Balaban J connectivity index is 2.46. The lowest BCUT2D eigenvalue weighted by atomic mass is 10.2. The van der Waals surface area contributed by atoms with Gasteiger partial charge in [0.15, 0.2) is 0 Å². The molecule has 0 saturated heterocycles. The van der Waals surface area contributed by atoms with Gasteiger partial charge in [-0.05, 0) is 24.3 Å². The van der Waals surface area contributed by atoms with E-state index in [0.29, 0.717) is 37.1 Å². The molecule has 1 rings (SSSR count). The molecule has 0 aliphatic heterocycles. The number of nitrogens with zero attached hydrogens (tertiary/aromatic N) is 1. The van der Waals surface area contributed by atoms with Crippen molar-refractivity contribution in [2.24, 2.45) is 0 Å². The van der Waals surface area contributed by atoms with Gasteiger partial charge in [0.05, 0.1) is 6.67 Å². The van der Waals surface area contributed by atoms with Crippen LogP contribution in [0.3, 0.4) is 0 Å². The number of nitrogens with one attached hydrogen (secondary N) is 1. The topological polar surface area (TPSA) is 32.3 Å². The standard InChI is InChI=1S/C12H15BrCl2N2O/c13-11-3-1-10(2-4-11)12(18)16-9-17(7-5-14)8-6-15/h1-4H,5-9H2,(H,16,18). The molecule has 3 nitrogen and oxygen atoms in total. The molecule has 0 spiro atoms. The lowest BCUT2D eigenvalue weighted by molar-refractivity contribution is 0.0926. The van der Waals surface area contributed by atoms with Crippen molar-refractivity contribution in [3.8, 4) is 0 Å². The fourth-order valence-electron chi connectivity index (χ4n) is 1.40. The number of hydrogen-bond donors (Lipinski definition) is 1. The van der Waals surface area contributed by atoms with Crippen LogP contribution in [0.4, 0.5) is 0 Å². The first-order chi connectivity index (χ1) is 8.67. The van der Waals surface area contributed by atoms with Crippen molar-refractivity contribution >= 4 is 45.0 Å². The van der Waals surface area contributed by atoms with Crippen LogP contribution >= 0.6 is 39.1 Å². The Morgan fingerprint density at radius 2 is 1.72 bits per heavy atom. The normalized spacial score (nSPS) is 10.7. The van der Waals surface area contributed by atoms with Gasteiger partial charge in [-0.3, -0.25) is 9.69 Å². The molecular weight excluding hydrogens is 339 g/mol. The van der Waals surface area contributed by atoms with E-state index in [4.69, 9.17) is 23.2 Å². The smallest absolute Gasteiger partial charge is 0.252 e. The highest BCUT2D eigenvalue weighted by Crippen LogP contribution is 2.10. The van der Waals surface area contributed by atoms with E-state index < -0.39 is 0 Å². The highest BCUT2D eigenvalue weighted by atomic mass is 79.9. The molecule has 1 N–H and O–H groups in total. The van der Waals surface area contributed by atoms with E-state index in [9.17, 15) is 4.79 Å². The van der Waals surface area contributed by atoms with Gasteiger partial charge in [0.2, 0.25) is 0 Å². The average Bonchev–Trinajstić information content (AvgIpc) is 2.37. The van der Waals surface area contributed by atoms with Crippen molar-refractivity contribution in [3.63, 3.8) is 0 Å². The van der Waals surface area contributed by atoms with Crippen LogP contribution in [0, 0.1) is 0 Å². The number of amides is 1. The minimum Gasteiger partial charge on any atom is -0.339 e. The van der Waals surface area contributed by atoms with Crippen molar-refractivity contribution in [2.45, 2.75) is 0 Å². The molecule has 0 bridgehead atoms. The summed E-state index contributed by atoms with van der Waals surface area (Å²) in [5.74, 6) is 0.937. The lowest BCUT2D eigenvalue weighted by Crippen LogP contribution is -2.39. The summed E-state index contributed by atoms with van der Waals surface area (Å²) in [4.78, 5) is 13.8. The van der Waals surface area contributed by atoms with Crippen LogP contribution in [0.25, 0.3) is 0 Å². The van der Waals surface area contributed by atoms with Gasteiger partial charge in [0, 0.05) is 34.9 Å². The van der Waals surface area contributed by atoms with Gasteiger partial charge in [0.1, 0.15) is 0 Å². The average molecular weight is 354 g/mol. The predicted molar refractivity (Wildman–Crippen MR) is 79.5 cm³/mol. The Labute approximate surface area is 126 Å². The second kappa shape index (κ2) is 8.75. The Kier molecular flexibility index (Phi) is 7.66. The summed E-state index contributed by atoms with van der Waals surface area (Å²) in [6, 6.07) is 7.22. The molecule has 0 fully saturated rings. The number of benzene rings is 1. The summed E-state index contributed by atoms with van der Waals surface area (Å²) >= 11 is 14.7. The summed E-state index contributed by atoms with van der Waals surface area (Å²) in [6.45, 7) is 1.86. The number of carbonyl (C=O) groups is 1. The molecule has 0 heterocycles. The van der Waals surface area contributed by atoms with Gasteiger partial charge in [-0.15, -0.1) is 23.2 Å². The minimum atomic E-state index is -0.100. The highest BCUT2D eigenvalue weighted by molar-refractivity contribution is 9.10. The Morgan fingerprint density at radius 1 is 1.17 bits per heavy atom. The van der Waals surface area contributed by atoms with Crippen molar-refractivity contribution in [1.82, 2.24) is 10.2 Å². The maximum absolute atomic E-state index is 11.8. The van der Waals surface area contributed by atoms with Crippen LogP contribution in [0.15, 0.2) is 28.7 Å². The molecule has 1 aromatic carbocycles. The number of carbonyl (C=O) groups excluding carboxylic acids is 1. The summed E-state index contributed by atoms with van der Waals surface area (Å²) in [5, 5.41) is 2.84. The van der Waals surface area contributed by atoms with E-state index in [0.717, 1.165) is 4.47 Å².